The van der Waals surface area contributed by atoms with E-state index < -0.39 is 73.2 Å². The lowest BCUT2D eigenvalue weighted by atomic mass is 9.65. The third kappa shape index (κ3) is 4.79. The monoisotopic (exact) mass is 631 g/mol. The lowest BCUT2D eigenvalue weighted by Crippen LogP contribution is -2.68. The van der Waals surface area contributed by atoms with Crippen LogP contribution in [0.1, 0.15) is 49.9 Å². The van der Waals surface area contributed by atoms with Crippen molar-refractivity contribution in [2.24, 2.45) is 11.8 Å². The van der Waals surface area contributed by atoms with Crippen LogP contribution in [0, 0.1) is 29.3 Å². The van der Waals surface area contributed by atoms with E-state index in [9.17, 15) is 36.3 Å². The Balaban J connectivity index is 1.42. The van der Waals surface area contributed by atoms with E-state index in [0.29, 0.717) is 25.0 Å². The normalized spacial score (nSPS) is 30.2. The Labute approximate surface area is 245 Å². The number of carbonyl (C=O) groups is 2. The summed E-state index contributed by atoms with van der Waals surface area (Å²) < 4.78 is 85.0. The highest BCUT2D eigenvalue weighted by Crippen LogP contribution is 2.59. The van der Waals surface area contributed by atoms with Gasteiger partial charge in [-0.05, 0) is 69.6 Å². The number of hydrogen-bond donors (Lipinski definition) is 2. The minimum absolute atomic E-state index is 0.0290. The summed E-state index contributed by atoms with van der Waals surface area (Å²) in [6.07, 6.45) is 0.797. The van der Waals surface area contributed by atoms with E-state index in [1.165, 1.54) is 19.2 Å². The van der Waals surface area contributed by atoms with Gasteiger partial charge in [-0.25, -0.2) is 26.4 Å². The summed E-state index contributed by atoms with van der Waals surface area (Å²) in [5.74, 6) is -8.96. The Morgan fingerprint density at radius 2 is 1.67 bits per heavy atom. The van der Waals surface area contributed by atoms with Crippen molar-refractivity contribution in [3.63, 3.8) is 0 Å². The predicted molar refractivity (Wildman–Crippen MR) is 143 cm³/mol. The van der Waals surface area contributed by atoms with Gasteiger partial charge < -0.3 is 24.6 Å². The molecule has 228 valence electrons. The van der Waals surface area contributed by atoms with Gasteiger partial charge in [-0.15, -0.1) is 0 Å². The molecule has 5 rings (SSSR count). The van der Waals surface area contributed by atoms with Gasteiger partial charge in [0.25, 0.3) is 5.91 Å². The van der Waals surface area contributed by atoms with E-state index in [2.05, 4.69) is 5.32 Å². The zero-order valence-corrected chi connectivity index (χ0v) is 24.5. The van der Waals surface area contributed by atoms with Gasteiger partial charge in [-0.3, -0.25) is 4.79 Å². The minimum Gasteiger partial charge on any atom is -0.467 e. The van der Waals surface area contributed by atoms with Crippen LogP contribution in [0.15, 0.2) is 35.2 Å². The van der Waals surface area contributed by atoms with Crippen molar-refractivity contribution in [3.8, 4) is 0 Å². The molecule has 0 aromatic heterocycles. The van der Waals surface area contributed by atoms with Gasteiger partial charge in [0.05, 0.1) is 28.9 Å². The van der Waals surface area contributed by atoms with Gasteiger partial charge >= 0.3 is 5.97 Å². The Bertz CT molecular complexity index is 1530. The van der Waals surface area contributed by atoms with E-state index in [1.807, 2.05) is 0 Å². The third-order valence-electron chi connectivity index (χ3n) is 8.59. The molecule has 2 aliphatic carbocycles. The standard InChI is InChI=1S/C28H29ClF3NO8S/c1-26(2)40-13-27(41-26,25(35)39-3)28(36)15-5-6-16(28)10-18(9-15)42(37,38)22-8-14(4-7-19(22)29)24(34)33-17-11-20(30)23(32)21(31)12-17/h4,7-8,11-12,15-16,18,36H,5-6,9-10,13H2,1-3H3,(H,33,34)/t15?,16?,18-,27?,28-. The number of halogens is 4. The van der Waals surface area contributed by atoms with Gasteiger partial charge in [0, 0.05) is 23.4 Å². The number of nitrogens with one attached hydrogen (secondary N) is 1. The van der Waals surface area contributed by atoms with Gasteiger partial charge in [0.2, 0.25) is 5.60 Å². The summed E-state index contributed by atoms with van der Waals surface area (Å²) in [5, 5.41) is 13.2. The van der Waals surface area contributed by atoms with Crippen LogP contribution in [-0.2, 0) is 28.8 Å². The van der Waals surface area contributed by atoms with Gasteiger partial charge in [-0.2, -0.15) is 0 Å². The number of aliphatic hydroxyl groups is 1. The quantitative estimate of drug-likeness (QED) is 0.355. The summed E-state index contributed by atoms with van der Waals surface area (Å²) in [7, 11) is -3.01. The first-order valence-corrected chi connectivity index (χ1v) is 15.1. The van der Waals surface area contributed by atoms with Crippen LogP contribution in [0.5, 0.6) is 0 Å². The molecule has 3 fully saturated rings. The summed E-state index contributed by atoms with van der Waals surface area (Å²) >= 11 is 6.29. The number of hydrogen-bond acceptors (Lipinski definition) is 8. The van der Waals surface area contributed by atoms with Crippen molar-refractivity contribution in [3.05, 3.63) is 58.4 Å². The van der Waals surface area contributed by atoms with Crippen molar-refractivity contribution < 1.29 is 50.5 Å². The number of benzene rings is 2. The van der Waals surface area contributed by atoms with Crippen LogP contribution in [-0.4, -0.2) is 61.4 Å². The number of esters is 1. The highest BCUT2D eigenvalue weighted by atomic mass is 35.5. The molecule has 1 amide bonds. The molecule has 2 aromatic rings. The highest BCUT2D eigenvalue weighted by molar-refractivity contribution is 7.92. The van der Waals surface area contributed by atoms with Crippen molar-refractivity contribution in [1.29, 1.82) is 0 Å². The number of fused-ring (bicyclic) bond motifs is 2. The zero-order valence-electron chi connectivity index (χ0n) is 22.9. The first-order valence-electron chi connectivity index (χ1n) is 13.2. The van der Waals surface area contributed by atoms with Crippen LogP contribution in [0.4, 0.5) is 18.9 Å². The van der Waals surface area contributed by atoms with Gasteiger partial charge in [0.1, 0.15) is 5.60 Å². The van der Waals surface area contributed by atoms with Crippen molar-refractivity contribution in [2.75, 3.05) is 19.0 Å². The molecule has 0 radical (unpaired) electrons. The fourth-order valence-corrected chi connectivity index (χ4v) is 9.07. The lowest BCUT2D eigenvalue weighted by Gasteiger charge is -2.50. The van der Waals surface area contributed by atoms with Crippen LogP contribution >= 0.6 is 11.6 Å². The number of amides is 1. The van der Waals surface area contributed by atoms with Crippen molar-refractivity contribution >= 4 is 39.0 Å². The second-order valence-corrected chi connectivity index (χ2v) is 14.0. The lowest BCUT2D eigenvalue weighted by molar-refractivity contribution is -0.247. The van der Waals surface area contributed by atoms with E-state index in [-0.39, 0.29) is 40.6 Å². The molecule has 1 saturated heterocycles. The number of rotatable bonds is 6. The maximum atomic E-state index is 13.9. The van der Waals surface area contributed by atoms with Crippen LogP contribution < -0.4 is 5.32 Å². The smallest absolute Gasteiger partial charge is 0.343 e. The Morgan fingerprint density at radius 3 is 2.19 bits per heavy atom. The molecule has 0 spiro atoms. The molecule has 3 unspecified atom stereocenters. The molecule has 1 aliphatic heterocycles. The van der Waals surface area contributed by atoms with E-state index in [0.717, 1.165) is 6.07 Å². The fraction of sp³-hybridized carbons (Fsp3) is 0.500. The number of ether oxygens (including phenoxy) is 3. The predicted octanol–water partition coefficient (Wildman–Crippen LogP) is 4.40. The molecule has 42 heavy (non-hydrogen) atoms. The first-order chi connectivity index (χ1) is 19.6. The Morgan fingerprint density at radius 1 is 1.07 bits per heavy atom. The summed E-state index contributed by atoms with van der Waals surface area (Å²) in [6, 6.07) is 4.67. The summed E-state index contributed by atoms with van der Waals surface area (Å²) in [5.41, 5.74) is -4.16. The number of carbonyl (C=O) groups excluding carboxylic acids is 2. The Hall–Kier alpha value is -2.71. The minimum atomic E-state index is -4.19. The summed E-state index contributed by atoms with van der Waals surface area (Å²) in [6.45, 7) is 2.94. The molecule has 2 aromatic carbocycles. The number of methoxy groups -OCH3 is 1. The van der Waals surface area contributed by atoms with Crippen LogP contribution in [0.3, 0.4) is 0 Å². The molecule has 2 saturated carbocycles. The first kappa shape index (κ1) is 30.7. The maximum Gasteiger partial charge on any atom is 0.343 e. The Kier molecular flexibility index (Phi) is 7.67. The van der Waals surface area contributed by atoms with Gasteiger partial charge in [0.15, 0.2) is 33.1 Å². The molecule has 14 heteroatoms. The number of anilines is 1. The van der Waals surface area contributed by atoms with Crippen molar-refractivity contribution in [2.45, 2.75) is 66.7 Å². The molecule has 9 nitrogen and oxygen atoms in total. The number of sulfone groups is 1. The maximum absolute atomic E-state index is 13.9. The SMILES string of the molecule is COC(=O)C1([C@]2(O)C3CCC2C[C@@H](S(=O)(=O)c2cc(C(=O)Nc4cc(F)c(F)c(F)c4)ccc2Cl)C3)COC(C)(C)O1. The largest absolute Gasteiger partial charge is 0.467 e. The molecule has 2 N–H and O–H groups in total. The fourth-order valence-electron chi connectivity index (χ4n) is 6.67. The third-order valence-corrected chi connectivity index (χ3v) is 11.2. The van der Waals surface area contributed by atoms with Crippen LogP contribution in [0.2, 0.25) is 5.02 Å². The second kappa shape index (κ2) is 10.5. The molecule has 1 heterocycles. The average Bonchev–Trinajstić information content (AvgIpc) is 3.31. The molecular weight excluding hydrogens is 603 g/mol. The highest BCUT2D eigenvalue weighted by Gasteiger charge is 2.73. The average molecular weight is 632 g/mol. The van der Waals surface area contributed by atoms with Crippen molar-refractivity contribution in [1.82, 2.24) is 0 Å². The van der Waals surface area contributed by atoms with E-state index in [1.54, 1.807) is 13.8 Å². The zero-order chi connectivity index (χ0) is 30.8. The van der Waals surface area contributed by atoms with Crippen LogP contribution in [0.25, 0.3) is 0 Å². The van der Waals surface area contributed by atoms with Gasteiger partial charge in [-0.1, -0.05) is 11.6 Å². The molecular formula is C28H29ClF3NO8S. The van der Waals surface area contributed by atoms with E-state index >= 15 is 0 Å². The molecule has 3 atom stereocenters. The topological polar surface area (TPSA) is 128 Å². The molecule has 2 bridgehead atoms. The second-order valence-electron chi connectivity index (χ2n) is 11.4. The summed E-state index contributed by atoms with van der Waals surface area (Å²) in [4.78, 5) is 25.5. The van der Waals surface area contributed by atoms with E-state index in [4.69, 9.17) is 25.8 Å². The molecule has 3 aliphatic rings.